The highest BCUT2D eigenvalue weighted by atomic mass is 35.5. The molecule has 27 heavy (non-hydrogen) atoms. The van der Waals surface area contributed by atoms with E-state index in [2.05, 4.69) is 20.3 Å². The van der Waals surface area contributed by atoms with Crippen molar-refractivity contribution in [1.82, 2.24) is 4.98 Å². The third-order valence-corrected chi connectivity index (χ3v) is 4.45. The SMILES string of the molecule is O=C1N=c2ccc(NC(=O)c3cnc(OC4CCOCC4)c(Cl)c3)cc2=N1. The van der Waals surface area contributed by atoms with Crippen molar-refractivity contribution in [1.29, 1.82) is 0 Å². The fourth-order valence-electron chi connectivity index (χ4n) is 2.81. The molecular weight excluding hydrogens is 372 g/mol. The first-order chi connectivity index (χ1) is 13.1. The predicted molar refractivity (Wildman–Crippen MR) is 95.8 cm³/mol. The Labute approximate surface area is 158 Å². The number of nitrogens with one attached hydrogen (secondary N) is 1. The van der Waals surface area contributed by atoms with Crippen molar-refractivity contribution < 1.29 is 19.1 Å². The van der Waals surface area contributed by atoms with Crippen LogP contribution in [-0.2, 0) is 4.74 Å². The second-order valence-electron chi connectivity index (χ2n) is 6.10. The van der Waals surface area contributed by atoms with Crippen LogP contribution in [0.4, 0.5) is 10.5 Å². The van der Waals surface area contributed by atoms with E-state index in [-0.39, 0.29) is 22.6 Å². The van der Waals surface area contributed by atoms with Gasteiger partial charge in [-0.3, -0.25) is 4.79 Å². The minimum atomic E-state index is -0.551. The Morgan fingerprint density at radius 3 is 2.74 bits per heavy atom. The van der Waals surface area contributed by atoms with Crippen LogP contribution in [0.5, 0.6) is 5.88 Å². The van der Waals surface area contributed by atoms with Gasteiger partial charge in [-0.05, 0) is 24.3 Å². The number of fused-ring (bicyclic) bond motifs is 1. The Bertz CT molecular complexity index is 1030. The summed E-state index contributed by atoms with van der Waals surface area (Å²) in [5, 5.41) is 3.90. The monoisotopic (exact) mass is 386 g/mol. The summed E-state index contributed by atoms with van der Waals surface area (Å²) in [5.74, 6) is -0.0835. The molecule has 1 N–H and O–H groups in total. The summed E-state index contributed by atoms with van der Waals surface area (Å²) in [6.07, 6.45) is 2.97. The molecule has 2 aromatic rings. The number of carbonyl (C=O) groups excluding carboxylic acids is 2. The third kappa shape index (κ3) is 3.96. The van der Waals surface area contributed by atoms with Gasteiger partial charge in [-0.1, -0.05) is 11.6 Å². The van der Waals surface area contributed by atoms with Crippen molar-refractivity contribution in [3.8, 4) is 5.88 Å². The van der Waals surface area contributed by atoms with Gasteiger partial charge in [0, 0.05) is 24.7 Å². The summed E-state index contributed by atoms with van der Waals surface area (Å²) in [4.78, 5) is 35.3. The summed E-state index contributed by atoms with van der Waals surface area (Å²) < 4.78 is 11.1. The molecule has 8 nitrogen and oxygen atoms in total. The Morgan fingerprint density at radius 1 is 1.19 bits per heavy atom. The van der Waals surface area contributed by atoms with Gasteiger partial charge in [0.25, 0.3) is 5.91 Å². The number of hydrogen-bond acceptors (Lipinski definition) is 5. The molecule has 0 unspecified atom stereocenters. The Hall–Kier alpha value is -2.84. The lowest BCUT2D eigenvalue weighted by molar-refractivity contribution is 0.0238. The zero-order valence-corrected chi connectivity index (χ0v) is 14.9. The van der Waals surface area contributed by atoms with Crippen LogP contribution in [0.2, 0.25) is 5.02 Å². The molecule has 1 fully saturated rings. The molecule has 138 valence electrons. The summed E-state index contributed by atoms with van der Waals surface area (Å²) in [5.41, 5.74) is 0.781. The Kier molecular flexibility index (Phi) is 4.83. The van der Waals surface area contributed by atoms with Crippen LogP contribution in [0, 0.1) is 0 Å². The van der Waals surface area contributed by atoms with Gasteiger partial charge in [-0.25, -0.2) is 9.78 Å². The standard InChI is InChI=1S/C18H15ClN4O4/c19-13-7-10(9-20-17(13)27-12-3-5-26-6-4-12)16(24)21-11-1-2-14-15(8-11)23-18(25)22-14/h1-2,7-9,12H,3-6H2,(H,21,24). The van der Waals surface area contributed by atoms with Gasteiger partial charge in [-0.2, -0.15) is 9.98 Å². The molecule has 0 radical (unpaired) electrons. The second-order valence-corrected chi connectivity index (χ2v) is 6.51. The smallest absolute Gasteiger partial charge is 0.368 e. The number of urea groups is 1. The minimum Gasteiger partial charge on any atom is -0.473 e. The molecule has 2 aliphatic heterocycles. The van der Waals surface area contributed by atoms with E-state index in [1.54, 1.807) is 18.2 Å². The molecule has 1 aromatic heterocycles. The number of aromatic nitrogens is 1. The number of halogens is 1. The van der Waals surface area contributed by atoms with Crippen LogP contribution in [0.25, 0.3) is 0 Å². The molecule has 3 amide bonds. The number of anilines is 1. The highest BCUT2D eigenvalue weighted by molar-refractivity contribution is 6.32. The first kappa shape index (κ1) is 17.6. The van der Waals surface area contributed by atoms with E-state index in [9.17, 15) is 9.59 Å². The molecule has 2 aliphatic rings. The van der Waals surface area contributed by atoms with Crippen LogP contribution in [0.15, 0.2) is 40.4 Å². The number of hydrogen-bond donors (Lipinski definition) is 1. The van der Waals surface area contributed by atoms with Gasteiger partial charge < -0.3 is 14.8 Å². The molecule has 0 spiro atoms. The average Bonchev–Trinajstić information content (AvgIpc) is 3.03. The van der Waals surface area contributed by atoms with E-state index in [1.165, 1.54) is 12.3 Å². The summed E-state index contributed by atoms with van der Waals surface area (Å²) in [7, 11) is 0. The highest BCUT2D eigenvalue weighted by Gasteiger charge is 2.18. The topological polar surface area (TPSA) is 102 Å². The second kappa shape index (κ2) is 7.42. The molecule has 9 heteroatoms. The molecular formula is C18H15ClN4O4. The van der Waals surface area contributed by atoms with Gasteiger partial charge in [0.15, 0.2) is 0 Å². The maximum absolute atomic E-state index is 12.4. The maximum atomic E-state index is 12.4. The highest BCUT2D eigenvalue weighted by Crippen LogP contribution is 2.25. The van der Waals surface area contributed by atoms with Gasteiger partial charge in [0.2, 0.25) is 5.88 Å². The van der Waals surface area contributed by atoms with E-state index in [4.69, 9.17) is 21.1 Å². The number of carbonyl (C=O) groups is 2. The Balaban J connectivity index is 1.47. The molecule has 0 bridgehead atoms. The quantitative estimate of drug-likeness (QED) is 0.864. The number of ether oxygens (including phenoxy) is 2. The number of rotatable bonds is 4. The third-order valence-electron chi connectivity index (χ3n) is 4.18. The number of pyridine rings is 1. The van der Waals surface area contributed by atoms with E-state index in [0.29, 0.717) is 35.5 Å². The van der Waals surface area contributed by atoms with Crippen molar-refractivity contribution in [2.24, 2.45) is 9.98 Å². The summed E-state index contributed by atoms with van der Waals surface area (Å²) in [6, 6.07) is 5.81. The van der Waals surface area contributed by atoms with E-state index in [1.807, 2.05) is 0 Å². The van der Waals surface area contributed by atoms with Crippen molar-refractivity contribution in [3.63, 3.8) is 0 Å². The normalized spacial score (nSPS) is 16.3. The maximum Gasteiger partial charge on any atom is 0.368 e. The van der Waals surface area contributed by atoms with Crippen molar-refractivity contribution in [2.45, 2.75) is 18.9 Å². The van der Waals surface area contributed by atoms with Crippen molar-refractivity contribution in [2.75, 3.05) is 18.5 Å². The lowest BCUT2D eigenvalue weighted by Crippen LogP contribution is -2.26. The van der Waals surface area contributed by atoms with E-state index >= 15 is 0 Å². The number of benzene rings is 1. The van der Waals surface area contributed by atoms with Crippen molar-refractivity contribution in [3.05, 3.63) is 51.8 Å². The summed E-state index contributed by atoms with van der Waals surface area (Å²) >= 11 is 6.22. The molecule has 0 atom stereocenters. The summed E-state index contributed by atoms with van der Waals surface area (Å²) in [6.45, 7) is 1.30. The van der Waals surface area contributed by atoms with Gasteiger partial charge in [-0.15, -0.1) is 0 Å². The molecule has 0 aliphatic carbocycles. The van der Waals surface area contributed by atoms with Gasteiger partial charge >= 0.3 is 6.03 Å². The van der Waals surface area contributed by atoms with E-state index < -0.39 is 6.03 Å². The molecule has 0 saturated carbocycles. The van der Waals surface area contributed by atoms with Crippen LogP contribution in [0.1, 0.15) is 23.2 Å². The fraction of sp³-hybridized carbons (Fsp3) is 0.278. The van der Waals surface area contributed by atoms with Crippen LogP contribution in [-0.4, -0.2) is 36.2 Å². The van der Waals surface area contributed by atoms with Crippen LogP contribution >= 0.6 is 11.6 Å². The van der Waals surface area contributed by atoms with Gasteiger partial charge in [0.1, 0.15) is 11.1 Å². The first-order valence-corrected chi connectivity index (χ1v) is 8.79. The van der Waals surface area contributed by atoms with E-state index in [0.717, 1.165) is 12.8 Å². The molecule has 1 aromatic carbocycles. The Morgan fingerprint density at radius 2 is 1.96 bits per heavy atom. The predicted octanol–water partition coefficient (Wildman–Crippen LogP) is 1.92. The first-order valence-electron chi connectivity index (χ1n) is 8.41. The lowest BCUT2D eigenvalue weighted by Gasteiger charge is -2.23. The fourth-order valence-corrected chi connectivity index (χ4v) is 3.02. The number of amides is 3. The van der Waals surface area contributed by atoms with Gasteiger partial charge in [0.05, 0.1) is 29.5 Å². The molecule has 4 rings (SSSR count). The number of nitrogens with zero attached hydrogens (tertiary/aromatic N) is 3. The zero-order chi connectivity index (χ0) is 18.8. The lowest BCUT2D eigenvalue weighted by atomic mass is 10.1. The minimum absolute atomic E-state index is 0.00622. The van der Waals surface area contributed by atoms with Crippen molar-refractivity contribution >= 4 is 29.2 Å². The zero-order valence-electron chi connectivity index (χ0n) is 14.1. The molecule has 1 saturated heterocycles. The molecule has 3 heterocycles. The largest absolute Gasteiger partial charge is 0.473 e. The van der Waals surface area contributed by atoms with Crippen LogP contribution in [0.3, 0.4) is 0 Å². The van der Waals surface area contributed by atoms with Crippen LogP contribution < -0.4 is 20.8 Å². The average molecular weight is 387 g/mol.